The standard InChI is InChI=1S/C12H20N6/c1-4-5-13-6-11-7-14-8-18(11)10(2)12-16-15-9-17(12)3/h7-10,13H,4-6H2,1-3H3. The second-order valence-electron chi connectivity index (χ2n) is 4.45. The molecule has 0 radical (unpaired) electrons. The Morgan fingerprint density at radius 2 is 2.22 bits per heavy atom. The van der Waals surface area contributed by atoms with Gasteiger partial charge in [-0.15, -0.1) is 10.2 Å². The number of aromatic nitrogens is 5. The quantitative estimate of drug-likeness (QED) is 0.778. The number of imidazole rings is 1. The first-order valence-corrected chi connectivity index (χ1v) is 6.29. The van der Waals surface area contributed by atoms with Crippen LogP contribution in [0, 0.1) is 0 Å². The molecular formula is C12H20N6. The normalized spacial score (nSPS) is 12.8. The van der Waals surface area contributed by atoms with E-state index in [0.29, 0.717) is 0 Å². The van der Waals surface area contributed by atoms with Gasteiger partial charge >= 0.3 is 0 Å². The van der Waals surface area contributed by atoms with Gasteiger partial charge in [0.25, 0.3) is 0 Å². The summed E-state index contributed by atoms with van der Waals surface area (Å²) in [5, 5.41) is 11.5. The van der Waals surface area contributed by atoms with Crippen LogP contribution in [0.3, 0.4) is 0 Å². The molecule has 1 atom stereocenters. The number of nitrogens with one attached hydrogen (secondary N) is 1. The Balaban J connectivity index is 2.13. The monoisotopic (exact) mass is 248 g/mol. The molecule has 6 nitrogen and oxygen atoms in total. The molecule has 0 aromatic carbocycles. The van der Waals surface area contributed by atoms with Crippen molar-refractivity contribution in [2.45, 2.75) is 32.9 Å². The van der Waals surface area contributed by atoms with Gasteiger partial charge in [-0.1, -0.05) is 6.92 Å². The summed E-state index contributed by atoms with van der Waals surface area (Å²) >= 11 is 0. The molecule has 0 saturated heterocycles. The van der Waals surface area contributed by atoms with E-state index in [0.717, 1.165) is 25.3 Å². The average molecular weight is 248 g/mol. The van der Waals surface area contributed by atoms with Crippen LogP contribution in [0.2, 0.25) is 0 Å². The lowest BCUT2D eigenvalue weighted by atomic mass is 10.3. The zero-order chi connectivity index (χ0) is 13.0. The summed E-state index contributed by atoms with van der Waals surface area (Å²) in [7, 11) is 1.96. The molecule has 1 N–H and O–H groups in total. The fourth-order valence-corrected chi connectivity index (χ4v) is 2.01. The third-order valence-corrected chi connectivity index (χ3v) is 3.02. The van der Waals surface area contributed by atoms with Crippen LogP contribution in [0.25, 0.3) is 0 Å². The van der Waals surface area contributed by atoms with Crippen LogP contribution >= 0.6 is 0 Å². The van der Waals surface area contributed by atoms with Crippen molar-refractivity contribution in [3.05, 3.63) is 30.4 Å². The maximum Gasteiger partial charge on any atom is 0.155 e. The Bertz CT molecular complexity index is 486. The van der Waals surface area contributed by atoms with Crippen molar-refractivity contribution >= 4 is 0 Å². The topological polar surface area (TPSA) is 60.6 Å². The minimum absolute atomic E-state index is 0.137. The molecule has 1 unspecified atom stereocenters. The number of aryl methyl sites for hydroxylation is 1. The maximum atomic E-state index is 4.23. The summed E-state index contributed by atoms with van der Waals surface area (Å²) in [6.07, 6.45) is 6.60. The molecule has 0 aliphatic rings. The van der Waals surface area contributed by atoms with Crippen molar-refractivity contribution in [3.63, 3.8) is 0 Å². The summed E-state index contributed by atoms with van der Waals surface area (Å²) in [5.74, 6) is 0.935. The van der Waals surface area contributed by atoms with Crippen LogP contribution in [0.5, 0.6) is 0 Å². The summed E-state index contributed by atoms with van der Waals surface area (Å²) in [5.41, 5.74) is 1.17. The highest BCUT2D eigenvalue weighted by Crippen LogP contribution is 2.16. The van der Waals surface area contributed by atoms with Crippen LogP contribution in [-0.4, -0.2) is 30.9 Å². The fourth-order valence-electron chi connectivity index (χ4n) is 2.01. The molecule has 98 valence electrons. The van der Waals surface area contributed by atoms with Crippen molar-refractivity contribution in [1.82, 2.24) is 29.6 Å². The van der Waals surface area contributed by atoms with Gasteiger partial charge < -0.3 is 14.5 Å². The van der Waals surface area contributed by atoms with Crippen molar-refractivity contribution in [1.29, 1.82) is 0 Å². The molecule has 0 spiro atoms. The van der Waals surface area contributed by atoms with Crippen LogP contribution in [0.15, 0.2) is 18.9 Å². The number of rotatable bonds is 6. The van der Waals surface area contributed by atoms with Crippen molar-refractivity contribution in [3.8, 4) is 0 Å². The third-order valence-electron chi connectivity index (χ3n) is 3.02. The van der Waals surface area contributed by atoms with Crippen molar-refractivity contribution in [2.75, 3.05) is 6.54 Å². The van der Waals surface area contributed by atoms with Crippen molar-refractivity contribution < 1.29 is 0 Å². The second kappa shape index (κ2) is 5.77. The Labute approximate surface area is 107 Å². The van der Waals surface area contributed by atoms with Crippen LogP contribution in [0.4, 0.5) is 0 Å². The van der Waals surface area contributed by atoms with Gasteiger partial charge in [0.05, 0.1) is 18.1 Å². The van der Waals surface area contributed by atoms with E-state index in [2.05, 4.69) is 38.9 Å². The SMILES string of the molecule is CCCNCc1cncn1C(C)c1nncn1C. The summed E-state index contributed by atoms with van der Waals surface area (Å²) < 4.78 is 4.07. The minimum atomic E-state index is 0.137. The maximum absolute atomic E-state index is 4.23. The largest absolute Gasteiger partial charge is 0.323 e. The zero-order valence-corrected chi connectivity index (χ0v) is 11.2. The first kappa shape index (κ1) is 12.8. The lowest BCUT2D eigenvalue weighted by Gasteiger charge is -2.16. The summed E-state index contributed by atoms with van der Waals surface area (Å²) in [6.45, 7) is 6.11. The first-order valence-electron chi connectivity index (χ1n) is 6.29. The number of hydrogen-bond acceptors (Lipinski definition) is 4. The second-order valence-corrected chi connectivity index (χ2v) is 4.45. The predicted octanol–water partition coefficient (Wildman–Crippen LogP) is 1.12. The Kier molecular flexibility index (Phi) is 4.09. The molecule has 0 saturated carbocycles. The van der Waals surface area contributed by atoms with E-state index in [1.807, 2.05) is 24.1 Å². The van der Waals surface area contributed by atoms with E-state index in [1.54, 1.807) is 6.33 Å². The molecule has 6 heteroatoms. The first-order chi connectivity index (χ1) is 8.74. The van der Waals surface area contributed by atoms with E-state index in [-0.39, 0.29) is 6.04 Å². The molecule has 2 aromatic rings. The summed E-state index contributed by atoms with van der Waals surface area (Å²) in [6, 6.07) is 0.137. The molecule has 0 bridgehead atoms. The van der Waals surface area contributed by atoms with E-state index in [4.69, 9.17) is 0 Å². The average Bonchev–Trinajstić information content (AvgIpc) is 2.97. The Morgan fingerprint density at radius 3 is 2.89 bits per heavy atom. The highest BCUT2D eigenvalue weighted by atomic mass is 15.3. The lowest BCUT2D eigenvalue weighted by Crippen LogP contribution is -2.19. The zero-order valence-electron chi connectivity index (χ0n) is 11.2. The molecule has 2 aromatic heterocycles. The van der Waals surface area contributed by atoms with E-state index in [1.165, 1.54) is 5.69 Å². The number of hydrogen-bond donors (Lipinski definition) is 1. The third kappa shape index (κ3) is 2.59. The molecule has 18 heavy (non-hydrogen) atoms. The highest BCUT2D eigenvalue weighted by Gasteiger charge is 2.15. The van der Waals surface area contributed by atoms with Crippen LogP contribution < -0.4 is 5.32 Å². The Hall–Kier alpha value is -1.69. The molecule has 0 fully saturated rings. The van der Waals surface area contributed by atoms with Gasteiger partial charge in [-0.3, -0.25) is 0 Å². The van der Waals surface area contributed by atoms with Gasteiger partial charge in [0.1, 0.15) is 6.33 Å². The minimum Gasteiger partial charge on any atom is -0.323 e. The molecule has 0 aliphatic carbocycles. The van der Waals surface area contributed by atoms with Crippen LogP contribution in [-0.2, 0) is 13.6 Å². The lowest BCUT2D eigenvalue weighted by molar-refractivity contribution is 0.536. The van der Waals surface area contributed by atoms with Gasteiger partial charge in [-0.2, -0.15) is 0 Å². The molecule has 0 amide bonds. The molecular weight excluding hydrogens is 228 g/mol. The number of nitrogens with zero attached hydrogens (tertiary/aromatic N) is 5. The summed E-state index contributed by atoms with van der Waals surface area (Å²) in [4.78, 5) is 4.23. The van der Waals surface area contributed by atoms with Crippen LogP contribution in [0.1, 0.15) is 37.8 Å². The smallest absolute Gasteiger partial charge is 0.155 e. The fraction of sp³-hybridized carbons (Fsp3) is 0.583. The predicted molar refractivity (Wildman–Crippen MR) is 69.0 cm³/mol. The van der Waals surface area contributed by atoms with Gasteiger partial charge in [0.15, 0.2) is 5.82 Å². The highest BCUT2D eigenvalue weighted by molar-refractivity contribution is 5.05. The van der Waals surface area contributed by atoms with Gasteiger partial charge in [0, 0.05) is 19.8 Å². The molecule has 2 rings (SSSR count). The van der Waals surface area contributed by atoms with Gasteiger partial charge in [-0.25, -0.2) is 4.98 Å². The van der Waals surface area contributed by atoms with E-state index in [9.17, 15) is 0 Å². The van der Waals surface area contributed by atoms with Gasteiger partial charge in [-0.05, 0) is 19.9 Å². The Morgan fingerprint density at radius 1 is 1.39 bits per heavy atom. The van der Waals surface area contributed by atoms with Gasteiger partial charge in [0.2, 0.25) is 0 Å². The van der Waals surface area contributed by atoms with E-state index >= 15 is 0 Å². The van der Waals surface area contributed by atoms with Crippen molar-refractivity contribution in [2.24, 2.45) is 7.05 Å². The van der Waals surface area contributed by atoms with E-state index < -0.39 is 0 Å². The molecule has 2 heterocycles. The molecule has 0 aliphatic heterocycles.